The van der Waals surface area contributed by atoms with Crippen molar-refractivity contribution in [3.8, 4) is 0 Å². The van der Waals surface area contributed by atoms with Crippen LogP contribution in [-0.2, 0) is 9.53 Å². The van der Waals surface area contributed by atoms with Gasteiger partial charge in [0.2, 0.25) is 0 Å². The zero-order valence-electron chi connectivity index (χ0n) is 15.7. The van der Waals surface area contributed by atoms with Gasteiger partial charge in [-0.2, -0.15) is 0 Å². The third kappa shape index (κ3) is 2.01. The molecule has 0 aromatic carbocycles. The predicted octanol–water partition coefficient (Wildman–Crippen LogP) is 4.95. The van der Waals surface area contributed by atoms with Crippen LogP contribution in [0.4, 0.5) is 0 Å². The lowest BCUT2D eigenvalue weighted by atomic mass is 9.47. The summed E-state index contributed by atoms with van der Waals surface area (Å²) in [6.07, 6.45) is 13.7. The molecule has 0 radical (unpaired) electrons. The molecule has 2 nitrogen and oxygen atoms in total. The molecule has 4 rings (SSSR count). The predicted molar refractivity (Wildman–Crippen MR) is 96.6 cm³/mol. The Balaban J connectivity index is 1.69. The molecule has 132 valence electrons. The summed E-state index contributed by atoms with van der Waals surface area (Å²) >= 11 is 0. The number of ketones is 1. The van der Waals surface area contributed by atoms with Crippen molar-refractivity contribution in [2.24, 2.45) is 35.0 Å². The first-order chi connectivity index (χ1) is 11.4. The van der Waals surface area contributed by atoms with E-state index < -0.39 is 0 Å². The zero-order valence-corrected chi connectivity index (χ0v) is 15.7. The first-order valence-electron chi connectivity index (χ1n) is 9.91. The molecule has 4 aliphatic rings. The number of hydrogen-bond donors (Lipinski definition) is 0. The van der Waals surface area contributed by atoms with E-state index in [9.17, 15) is 4.79 Å². The fourth-order valence-corrected chi connectivity index (χ4v) is 7.12. The molecule has 0 unspecified atom stereocenters. The van der Waals surface area contributed by atoms with E-state index in [4.69, 9.17) is 4.74 Å². The highest BCUT2D eigenvalue weighted by Gasteiger charge is 2.62. The van der Waals surface area contributed by atoms with Crippen molar-refractivity contribution in [2.75, 3.05) is 7.11 Å². The van der Waals surface area contributed by atoms with Gasteiger partial charge in [0.15, 0.2) is 5.78 Å². The van der Waals surface area contributed by atoms with Crippen LogP contribution in [0, 0.1) is 35.0 Å². The first kappa shape index (κ1) is 16.6. The van der Waals surface area contributed by atoms with Crippen LogP contribution in [0.5, 0.6) is 0 Å². The Morgan fingerprint density at radius 2 is 1.96 bits per heavy atom. The number of carbonyl (C=O) groups is 1. The molecule has 0 saturated heterocycles. The monoisotopic (exact) mass is 328 g/mol. The SMILES string of the molecule is CO[C@@]1(C)C=C[C@H]2[C@@H]3CCC4=CC(=O)CC[C@@H]4[C@H]3CC[C@@]21C(C)C. The fourth-order valence-electron chi connectivity index (χ4n) is 7.12. The normalized spacial score (nSPS) is 47.2. The number of ether oxygens (including phenoxy) is 1. The highest BCUT2D eigenvalue weighted by molar-refractivity contribution is 5.91. The van der Waals surface area contributed by atoms with Gasteiger partial charge in [-0.05, 0) is 74.7 Å². The average Bonchev–Trinajstić information content (AvgIpc) is 2.89. The molecular formula is C22H32O2. The highest BCUT2D eigenvalue weighted by Crippen LogP contribution is 2.65. The van der Waals surface area contributed by atoms with Crippen molar-refractivity contribution in [3.05, 3.63) is 23.8 Å². The Bertz CT molecular complexity index is 601. The molecule has 0 heterocycles. The summed E-state index contributed by atoms with van der Waals surface area (Å²) in [6.45, 7) is 7.09. The average molecular weight is 328 g/mol. The van der Waals surface area contributed by atoms with Gasteiger partial charge in [0, 0.05) is 18.9 Å². The van der Waals surface area contributed by atoms with Gasteiger partial charge in [0.25, 0.3) is 0 Å². The molecule has 6 atom stereocenters. The van der Waals surface area contributed by atoms with Gasteiger partial charge < -0.3 is 4.74 Å². The quantitative estimate of drug-likeness (QED) is 0.671. The lowest BCUT2D eigenvalue weighted by Crippen LogP contribution is -2.56. The molecular weight excluding hydrogens is 296 g/mol. The van der Waals surface area contributed by atoms with Crippen molar-refractivity contribution >= 4 is 5.78 Å². The van der Waals surface area contributed by atoms with E-state index in [0.717, 1.165) is 31.1 Å². The zero-order chi connectivity index (χ0) is 17.1. The molecule has 4 aliphatic carbocycles. The third-order valence-electron chi connectivity index (χ3n) is 8.31. The van der Waals surface area contributed by atoms with Gasteiger partial charge in [-0.25, -0.2) is 0 Å². The van der Waals surface area contributed by atoms with Gasteiger partial charge in [-0.3, -0.25) is 4.79 Å². The van der Waals surface area contributed by atoms with Crippen LogP contribution < -0.4 is 0 Å². The maximum Gasteiger partial charge on any atom is 0.155 e. The third-order valence-corrected chi connectivity index (χ3v) is 8.31. The molecule has 0 amide bonds. The number of carbonyl (C=O) groups excluding carboxylic acids is 1. The van der Waals surface area contributed by atoms with Crippen LogP contribution in [0.2, 0.25) is 0 Å². The Hall–Kier alpha value is -0.890. The summed E-state index contributed by atoms with van der Waals surface area (Å²) in [5, 5.41) is 0. The van der Waals surface area contributed by atoms with Crippen molar-refractivity contribution in [2.45, 2.75) is 64.9 Å². The van der Waals surface area contributed by atoms with Crippen LogP contribution in [-0.4, -0.2) is 18.5 Å². The Labute approximate surface area is 146 Å². The van der Waals surface area contributed by atoms with Crippen molar-refractivity contribution in [3.63, 3.8) is 0 Å². The largest absolute Gasteiger partial charge is 0.374 e. The Morgan fingerprint density at radius 1 is 1.17 bits per heavy atom. The van der Waals surface area contributed by atoms with Gasteiger partial charge in [-0.1, -0.05) is 31.6 Å². The molecule has 0 bridgehead atoms. The second-order valence-electron chi connectivity index (χ2n) is 9.13. The van der Waals surface area contributed by atoms with Crippen LogP contribution in [0.1, 0.15) is 59.3 Å². The summed E-state index contributed by atoms with van der Waals surface area (Å²) in [4.78, 5) is 11.8. The number of methoxy groups -OCH3 is 1. The van der Waals surface area contributed by atoms with E-state index in [1.165, 1.54) is 24.8 Å². The summed E-state index contributed by atoms with van der Waals surface area (Å²) in [5.74, 6) is 3.84. The first-order valence-corrected chi connectivity index (χ1v) is 9.91. The van der Waals surface area contributed by atoms with Crippen LogP contribution in [0.25, 0.3) is 0 Å². The van der Waals surface area contributed by atoms with E-state index >= 15 is 0 Å². The number of rotatable bonds is 2. The van der Waals surface area contributed by atoms with E-state index in [2.05, 4.69) is 32.9 Å². The summed E-state index contributed by atoms with van der Waals surface area (Å²) < 4.78 is 6.09. The molecule has 0 spiro atoms. The highest BCUT2D eigenvalue weighted by atomic mass is 16.5. The van der Waals surface area contributed by atoms with Crippen molar-refractivity contribution < 1.29 is 9.53 Å². The molecule has 0 aromatic heterocycles. The molecule has 2 fully saturated rings. The number of hydrogen-bond acceptors (Lipinski definition) is 2. The maximum atomic E-state index is 11.8. The van der Waals surface area contributed by atoms with Crippen molar-refractivity contribution in [1.29, 1.82) is 0 Å². The summed E-state index contributed by atoms with van der Waals surface area (Å²) in [6, 6.07) is 0. The summed E-state index contributed by atoms with van der Waals surface area (Å²) in [7, 11) is 1.89. The Kier molecular flexibility index (Phi) is 3.84. The fraction of sp³-hybridized carbons (Fsp3) is 0.773. The molecule has 0 aromatic rings. The van der Waals surface area contributed by atoms with Crippen molar-refractivity contribution in [1.82, 2.24) is 0 Å². The van der Waals surface area contributed by atoms with E-state index in [1.807, 2.05) is 13.2 Å². The van der Waals surface area contributed by atoms with Crippen LogP contribution >= 0.6 is 0 Å². The van der Waals surface area contributed by atoms with E-state index in [0.29, 0.717) is 23.5 Å². The standard InChI is InChI=1S/C22H32O2/c1-14(2)22-12-9-18-17-8-6-16(23)13-15(17)5-7-19(18)20(22)10-11-21(22,3)24-4/h10-11,13-14,17-20H,5-9,12H2,1-4H3/t17-,18+,19+,20-,21-,22+/m0/s1. The lowest BCUT2D eigenvalue weighted by molar-refractivity contribution is -0.147. The molecule has 2 heteroatoms. The minimum atomic E-state index is -0.130. The van der Waals surface area contributed by atoms with E-state index in [1.54, 1.807) is 0 Å². The van der Waals surface area contributed by atoms with Crippen LogP contribution in [0.3, 0.4) is 0 Å². The molecule has 24 heavy (non-hydrogen) atoms. The number of allylic oxidation sites excluding steroid dienone is 3. The lowest BCUT2D eigenvalue weighted by Gasteiger charge is -2.59. The van der Waals surface area contributed by atoms with Crippen LogP contribution in [0.15, 0.2) is 23.8 Å². The van der Waals surface area contributed by atoms with Gasteiger partial charge in [-0.15, -0.1) is 0 Å². The topological polar surface area (TPSA) is 26.3 Å². The second kappa shape index (κ2) is 5.56. The summed E-state index contributed by atoms with van der Waals surface area (Å²) in [5.41, 5.74) is 1.59. The minimum absolute atomic E-state index is 0.130. The maximum absolute atomic E-state index is 11.8. The second-order valence-corrected chi connectivity index (χ2v) is 9.13. The van der Waals surface area contributed by atoms with Gasteiger partial charge >= 0.3 is 0 Å². The molecule has 2 saturated carbocycles. The van der Waals surface area contributed by atoms with Gasteiger partial charge in [0.05, 0.1) is 5.60 Å². The van der Waals surface area contributed by atoms with E-state index in [-0.39, 0.29) is 11.0 Å². The Morgan fingerprint density at radius 3 is 2.67 bits per heavy atom. The minimum Gasteiger partial charge on any atom is -0.374 e. The number of fused-ring (bicyclic) bond motifs is 5. The smallest absolute Gasteiger partial charge is 0.155 e. The molecule has 0 N–H and O–H groups in total. The van der Waals surface area contributed by atoms with Gasteiger partial charge in [0.1, 0.15) is 0 Å². The molecule has 0 aliphatic heterocycles.